The van der Waals surface area contributed by atoms with Gasteiger partial charge in [-0.3, -0.25) is 4.68 Å². The van der Waals surface area contributed by atoms with E-state index in [1.807, 2.05) is 17.8 Å². The van der Waals surface area contributed by atoms with Gasteiger partial charge in [-0.1, -0.05) is 32.0 Å². The van der Waals surface area contributed by atoms with Gasteiger partial charge in [-0.2, -0.15) is 5.10 Å². The highest BCUT2D eigenvalue weighted by Crippen LogP contribution is 2.23. The lowest BCUT2D eigenvalue weighted by Crippen LogP contribution is -1.92. The Hall–Kier alpha value is -1.31. The van der Waals surface area contributed by atoms with E-state index in [0.29, 0.717) is 5.92 Å². The minimum Gasteiger partial charge on any atom is -0.268 e. The molecule has 1 heterocycles. The minimum absolute atomic E-state index is 0.492. The lowest BCUT2D eigenvalue weighted by molar-refractivity contribution is 0.729. The molecule has 13 heavy (non-hydrogen) atoms. The second-order valence-electron chi connectivity index (χ2n) is 3.68. The number of nitrogens with zero attached hydrogens (tertiary/aromatic N) is 2. The molecule has 0 bridgehead atoms. The van der Waals surface area contributed by atoms with Gasteiger partial charge in [-0.15, -0.1) is 0 Å². The summed E-state index contributed by atoms with van der Waals surface area (Å²) >= 11 is 0. The number of aromatic nitrogens is 2. The normalized spacial score (nSPS) is 11.4. The van der Waals surface area contributed by atoms with Crippen molar-refractivity contribution in [3.8, 4) is 0 Å². The smallest absolute Gasteiger partial charge is 0.0728 e. The predicted octanol–water partition coefficient (Wildman–Crippen LogP) is 2.70. The maximum Gasteiger partial charge on any atom is 0.0728 e. The van der Waals surface area contributed by atoms with Crippen molar-refractivity contribution in [2.75, 3.05) is 0 Å². The summed E-state index contributed by atoms with van der Waals surface area (Å²) in [7, 11) is 1.99. The van der Waals surface area contributed by atoms with Crippen LogP contribution in [0.15, 0.2) is 24.3 Å². The number of hydrogen-bond acceptors (Lipinski definition) is 1. The van der Waals surface area contributed by atoms with E-state index in [1.165, 1.54) is 16.6 Å². The van der Waals surface area contributed by atoms with E-state index >= 15 is 0 Å². The Morgan fingerprint density at radius 3 is 2.62 bits per heavy atom. The maximum atomic E-state index is 4.51. The van der Waals surface area contributed by atoms with Gasteiger partial charge in [0.15, 0.2) is 0 Å². The van der Waals surface area contributed by atoms with E-state index in [-0.39, 0.29) is 0 Å². The minimum atomic E-state index is 0.492. The molecule has 68 valence electrons. The van der Waals surface area contributed by atoms with E-state index < -0.39 is 0 Å². The predicted molar refractivity (Wildman–Crippen MR) is 54.8 cm³/mol. The van der Waals surface area contributed by atoms with Gasteiger partial charge in [-0.25, -0.2) is 0 Å². The van der Waals surface area contributed by atoms with Gasteiger partial charge in [0.25, 0.3) is 0 Å². The largest absolute Gasteiger partial charge is 0.268 e. The summed E-state index contributed by atoms with van der Waals surface area (Å²) in [6.07, 6.45) is 0. The quantitative estimate of drug-likeness (QED) is 0.650. The number of fused-ring (bicyclic) bond motifs is 1. The van der Waals surface area contributed by atoms with Crippen LogP contribution in [0.5, 0.6) is 0 Å². The van der Waals surface area contributed by atoms with Crippen molar-refractivity contribution in [2.45, 2.75) is 19.8 Å². The number of aryl methyl sites for hydroxylation is 1. The number of benzene rings is 1. The van der Waals surface area contributed by atoms with E-state index in [2.05, 4.69) is 37.1 Å². The molecule has 0 atom stereocenters. The Balaban J connectivity index is 2.78. The summed E-state index contributed by atoms with van der Waals surface area (Å²) in [5.74, 6) is 0.492. The van der Waals surface area contributed by atoms with E-state index in [9.17, 15) is 0 Å². The van der Waals surface area contributed by atoms with Gasteiger partial charge < -0.3 is 0 Å². The summed E-state index contributed by atoms with van der Waals surface area (Å²) in [5, 5.41) is 5.78. The molecule has 0 saturated heterocycles. The van der Waals surface area contributed by atoms with Crippen molar-refractivity contribution < 1.29 is 0 Å². The highest BCUT2D eigenvalue weighted by Gasteiger charge is 2.09. The van der Waals surface area contributed by atoms with Crippen molar-refractivity contribution in [3.63, 3.8) is 0 Å². The van der Waals surface area contributed by atoms with Gasteiger partial charge in [0.05, 0.1) is 11.2 Å². The zero-order valence-electron chi connectivity index (χ0n) is 8.28. The third-order valence-corrected chi connectivity index (χ3v) is 2.33. The SMILES string of the molecule is CC(C)c1nn(C)c2ccccc12. The van der Waals surface area contributed by atoms with E-state index in [0.717, 1.165) is 0 Å². The maximum absolute atomic E-state index is 4.51. The molecule has 2 aromatic rings. The molecular weight excluding hydrogens is 160 g/mol. The average Bonchev–Trinajstić information content (AvgIpc) is 2.45. The lowest BCUT2D eigenvalue weighted by atomic mass is 10.1. The van der Waals surface area contributed by atoms with Crippen LogP contribution >= 0.6 is 0 Å². The molecule has 0 N–H and O–H groups in total. The van der Waals surface area contributed by atoms with Crippen LogP contribution in [-0.4, -0.2) is 9.78 Å². The first kappa shape index (κ1) is 8.30. The molecule has 0 unspecified atom stereocenters. The zero-order valence-corrected chi connectivity index (χ0v) is 8.28. The molecule has 0 fully saturated rings. The van der Waals surface area contributed by atoms with Gasteiger partial charge in [0.2, 0.25) is 0 Å². The Kier molecular flexibility index (Phi) is 1.83. The molecule has 0 aliphatic carbocycles. The van der Waals surface area contributed by atoms with Crippen LogP contribution in [0.25, 0.3) is 10.9 Å². The summed E-state index contributed by atoms with van der Waals surface area (Å²) in [6.45, 7) is 4.35. The first-order valence-corrected chi connectivity index (χ1v) is 4.62. The van der Waals surface area contributed by atoms with E-state index in [1.54, 1.807) is 0 Å². The van der Waals surface area contributed by atoms with E-state index in [4.69, 9.17) is 0 Å². The first-order chi connectivity index (χ1) is 6.20. The Labute approximate surface area is 78.2 Å². The van der Waals surface area contributed by atoms with Gasteiger partial charge in [0.1, 0.15) is 0 Å². The summed E-state index contributed by atoms with van der Waals surface area (Å²) in [6, 6.07) is 8.36. The fourth-order valence-corrected chi connectivity index (χ4v) is 1.67. The summed E-state index contributed by atoms with van der Waals surface area (Å²) in [4.78, 5) is 0. The van der Waals surface area contributed by atoms with Crippen LogP contribution < -0.4 is 0 Å². The fourth-order valence-electron chi connectivity index (χ4n) is 1.67. The third kappa shape index (κ3) is 1.22. The van der Waals surface area contributed by atoms with Crippen LogP contribution in [0.3, 0.4) is 0 Å². The molecule has 0 spiro atoms. The molecule has 0 aliphatic heterocycles. The fraction of sp³-hybridized carbons (Fsp3) is 0.364. The molecule has 2 nitrogen and oxygen atoms in total. The van der Waals surface area contributed by atoms with Crippen LogP contribution in [0.1, 0.15) is 25.5 Å². The molecule has 1 aromatic heterocycles. The third-order valence-electron chi connectivity index (χ3n) is 2.33. The standard InChI is InChI=1S/C11H14N2/c1-8(2)11-9-6-4-5-7-10(9)13(3)12-11/h4-8H,1-3H3. The molecule has 0 saturated carbocycles. The monoisotopic (exact) mass is 174 g/mol. The van der Waals surface area contributed by atoms with Gasteiger partial charge in [-0.05, 0) is 12.0 Å². The Morgan fingerprint density at radius 1 is 1.23 bits per heavy atom. The highest BCUT2D eigenvalue weighted by molar-refractivity contribution is 5.82. The molecule has 0 amide bonds. The zero-order chi connectivity index (χ0) is 9.42. The molecule has 2 rings (SSSR count). The van der Waals surface area contributed by atoms with Crippen molar-refractivity contribution in [3.05, 3.63) is 30.0 Å². The van der Waals surface area contributed by atoms with Crippen molar-refractivity contribution in [2.24, 2.45) is 7.05 Å². The second-order valence-corrected chi connectivity index (χ2v) is 3.68. The Bertz CT molecular complexity index is 427. The second kappa shape index (κ2) is 2.87. The lowest BCUT2D eigenvalue weighted by Gasteiger charge is -1.98. The first-order valence-electron chi connectivity index (χ1n) is 4.62. The van der Waals surface area contributed by atoms with Gasteiger partial charge >= 0.3 is 0 Å². The van der Waals surface area contributed by atoms with Crippen molar-refractivity contribution in [1.29, 1.82) is 0 Å². The van der Waals surface area contributed by atoms with Crippen LogP contribution in [-0.2, 0) is 7.05 Å². The molecule has 1 aromatic carbocycles. The summed E-state index contributed by atoms with van der Waals surface area (Å²) in [5.41, 5.74) is 2.41. The molecule has 2 heteroatoms. The molecular formula is C11H14N2. The van der Waals surface area contributed by atoms with Crippen LogP contribution in [0.4, 0.5) is 0 Å². The van der Waals surface area contributed by atoms with Crippen molar-refractivity contribution in [1.82, 2.24) is 9.78 Å². The number of rotatable bonds is 1. The topological polar surface area (TPSA) is 17.8 Å². The number of para-hydroxylation sites is 1. The van der Waals surface area contributed by atoms with Gasteiger partial charge in [0, 0.05) is 12.4 Å². The summed E-state index contributed by atoms with van der Waals surface area (Å²) < 4.78 is 1.95. The van der Waals surface area contributed by atoms with Crippen LogP contribution in [0.2, 0.25) is 0 Å². The number of hydrogen-bond donors (Lipinski definition) is 0. The van der Waals surface area contributed by atoms with Crippen molar-refractivity contribution >= 4 is 10.9 Å². The Morgan fingerprint density at radius 2 is 1.92 bits per heavy atom. The van der Waals surface area contributed by atoms with Crippen LogP contribution in [0, 0.1) is 0 Å². The molecule has 0 radical (unpaired) electrons. The average molecular weight is 174 g/mol. The molecule has 0 aliphatic rings. The highest BCUT2D eigenvalue weighted by atomic mass is 15.3.